The molecule has 0 aromatic carbocycles. The van der Waals surface area contributed by atoms with Gasteiger partial charge in [-0.2, -0.15) is 0 Å². The molecule has 92 valence electrons. The van der Waals surface area contributed by atoms with Crippen molar-refractivity contribution in [1.29, 1.82) is 0 Å². The van der Waals surface area contributed by atoms with Crippen LogP contribution in [0.2, 0.25) is 0 Å². The first kappa shape index (κ1) is 10.5. The largest absolute Gasteiger partial charge is 0.394 e. The Morgan fingerprint density at radius 2 is 2.29 bits per heavy atom. The third-order valence-electron chi connectivity index (χ3n) is 3.40. The number of aliphatic hydroxyl groups is 1. The Morgan fingerprint density at radius 3 is 3.00 bits per heavy atom. The fourth-order valence-corrected chi connectivity index (χ4v) is 2.48. The number of aromatic nitrogens is 2. The van der Waals surface area contributed by atoms with E-state index >= 15 is 0 Å². The van der Waals surface area contributed by atoms with Crippen molar-refractivity contribution in [1.82, 2.24) is 9.55 Å². The Morgan fingerprint density at radius 1 is 1.53 bits per heavy atom. The number of H-pyrrole nitrogens is 1. The van der Waals surface area contributed by atoms with E-state index in [-0.39, 0.29) is 18.8 Å². The summed E-state index contributed by atoms with van der Waals surface area (Å²) in [6.07, 6.45) is -0.130. The van der Waals surface area contributed by atoms with Gasteiger partial charge in [-0.1, -0.05) is 0 Å². The maximum absolute atomic E-state index is 11.7. The second-order valence-corrected chi connectivity index (χ2v) is 4.40. The van der Waals surface area contributed by atoms with Crippen LogP contribution in [0.1, 0.15) is 18.2 Å². The fourth-order valence-electron chi connectivity index (χ4n) is 2.48. The van der Waals surface area contributed by atoms with Crippen molar-refractivity contribution >= 4 is 5.82 Å². The Hall–Kier alpha value is -1.60. The summed E-state index contributed by atoms with van der Waals surface area (Å²) in [6.45, 7) is 1.54. The number of hydrogen-bond acceptors (Lipinski definition) is 5. The lowest BCUT2D eigenvalue weighted by molar-refractivity contribution is -0.0214. The molecule has 3 atom stereocenters. The molecule has 1 fully saturated rings. The summed E-state index contributed by atoms with van der Waals surface area (Å²) in [5, 5.41) is 12.3. The standard InChI is InChI=1S/C10H13N3O4/c1-4-8-11-5-2-7(17-6(5)3-14)13(8)10(16)12-9(4)15/h5-7,11,14H,2-3H2,1H3,(H,12,15,16)/t5-,6-,7-/m1/s1. The lowest BCUT2D eigenvalue weighted by atomic mass is 10.1. The van der Waals surface area contributed by atoms with E-state index in [1.165, 1.54) is 4.57 Å². The van der Waals surface area contributed by atoms with E-state index in [2.05, 4.69) is 10.3 Å². The van der Waals surface area contributed by atoms with E-state index in [0.29, 0.717) is 17.8 Å². The molecule has 1 aromatic heterocycles. The van der Waals surface area contributed by atoms with Gasteiger partial charge < -0.3 is 15.2 Å². The Balaban J connectivity index is 2.19. The predicted molar refractivity (Wildman–Crippen MR) is 59.1 cm³/mol. The van der Waals surface area contributed by atoms with Crippen molar-refractivity contribution in [2.24, 2.45) is 0 Å². The molecule has 1 saturated heterocycles. The minimum Gasteiger partial charge on any atom is -0.394 e. The second-order valence-electron chi connectivity index (χ2n) is 4.40. The minimum absolute atomic E-state index is 0.0510. The van der Waals surface area contributed by atoms with E-state index < -0.39 is 17.5 Å². The maximum Gasteiger partial charge on any atom is 0.332 e. The first-order chi connectivity index (χ1) is 8.11. The zero-order valence-electron chi connectivity index (χ0n) is 9.27. The quantitative estimate of drug-likeness (QED) is 0.579. The van der Waals surface area contributed by atoms with E-state index in [4.69, 9.17) is 9.84 Å². The molecule has 17 heavy (non-hydrogen) atoms. The number of rotatable bonds is 1. The van der Waals surface area contributed by atoms with Gasteiger partial charge in [0.15, 0.2) is 0 Å². The van der Waals surface area contributed by atoms with Crippen LogP contribution in [0.25, 0.3) is 0 Å². The molecule has 0 spiro atoms. The summed E-state index contributed by atoms with van der Waals surface area (Å²) >= 11 is 0. The molecular weight excluding hydrogens is 226 g/mol. The van der Waals surface area contributed by atoms with Crippen LogP contribution in [-0.4, -0.2) is 33.4 Å². The smallest absolute Gasteiger partial charge is 0.332 e. The van der Waals surface area contributed by atoms with Gasteiger partial charge in [0.2, 0.25) is 0 Å². The van der Waals surface area contributed by atoms with Crippen LogP contribution in [-0.2, 0) is 4.74 Å². The van der Waals surface area contributed by atoms with Crippen LogP contribution >= 0.6 is 0 Å². The molecule has 2 bridgehead atoms. The van der Waals surface area contributed by atoms with Crippen LogP contribution in [0.3, 0.4) is 0 Å². The first-order valence-electron chi connectivity index (χ1n) is 5.50. The van der Waals surface area contributed by atoms with Crippen LogP contribution in [0.5, 0.6) is 0 Å². The highest BCUT2D eigenvalue weighted by molar-refractivity contribution is 5.46. The fraction of sp³-hybridized carbons (Fsp3) is 0.600. The Bertz CT molecular complexity index is 576. The van der Waals surface area contributed by atoms with Crippen LogP contribution in [0.15, 0.2) is 9.59 Å². The molecule has 0 saturated carbocycles. The summed E-state index contributed by atoms with van der Waals surface area (Å²) < 4.78 is 6.97. The SMILES string of the molecule is Cc1c2n(c(=O)[nH]c1=O)[C@H]1C[C@@H](N2)[C@@H](CO)O1. The molecule has 3 rings (SSSR count). The second kappa shape index (κ2) is 3.44. The van der Waals surface area contributed by atoms with E-state index in [1.807, 2.05) is 0 Å². The van der Waals surface area contributed by atoms with Gasteiger partial charge in [0.05, 0.1) is 18.2 Å². The van der Waals surface area contributed by atoms with Gasteiger partial charge in [0.25, 0.3) is 5.56 Å². The molecule has 1 aromatic rings. The monoisotopic (exact) mass is 239 g/mol. The van der Waals surface area contributed by atoms with Crippen molar-refractivity contribution in [3.8, 4) is 0 Å². The van der Waals surface area contributed by atoms with Crippen molar-refractivity contribution in [3.05, 3.63) is 26.4 Å². The molecule has 7 nitrogen and oxygen atoms in total. The summed E-state index contributed by atoms with van der Waals surface area (Å²) in [6, 6.07) is -0.0510. The van der Waals surface area contributed by atoms with Crippen molar-refractivity contribution in [2.45, 2.75) is 31.7 Å². The summed E-state index contributed by atoms with van der Waals surface area (Å²) in [5.74, 6) is 0.496. The van der Waals surface area contributed by atoms with Crippen LogP contribution < -0.4 is 16.6 Å². The Kier molecular flexibility index (Phi) is 2.14. The normalized spacial score (nSPS) is 29.9. The minimum atomic E-state index is -0.481. The summed E-state index contributed by atoms with van der Waals surface area (Å²) in [7, 11) is 0. The topological polar surface area (TPSA) is 96.4 Å². The van der Waals surface area contributed by atoms with Crippen LogP contribution in [0, 0.1) is 6.92 Å². The average Bonchev–Trinajstić information content (AvgIpc) is 2.62. The van der Waals surface area contributed by atoms with E-state index in [9.17, 15) is 9.59 Å². The zero-order chi connectivity index (χ0) is 12.2. The molecule has 0 amide bonds. The summed E-state index contributed by atoms with van der Waals surface area (Å²) in [5.41, 5.74) is -0.415. The number of fused-ring (bicyclic) bond motifs is 4. The van der Waals surface area contributed by atoms with Crippen molar-refractivity contribution in [2.75, 3.05) is 11.9 Å². The number of hydrogen-bond donors (Lipinski definition) is 3. The van der Waals surface area contributed by atoms with E-state index in [0.717, 1.165) is 0 Å². The van der Waals surface area contributed by atoms with Gasteiger partial charge in [0.1, 0.15) is 18.1 Å². The van der Waals surface area contributed by atoms with Gasteiger partial charge in [-0.25, -0.2) is 4.79 Å². The highest BCUT2D eigenvalue weighted by Gasteiger charge is 2.41. The van der Waals surface area contributed by atoms with Crippen molar-refractivity contribution < 1.29 is 9.84 Å². The lowest BCUT2D eigenvalue weighted by Gasteiger charge is -2.25. The summed E-state index contributed by atoms with van der Waals surface area (Å²) in [4.78, 5) is 25.5. The molecular formula is C10H13N3O4. The number of nitrogens with one attached hydrogen (secondary N) is 2. The van der Waals surface area contributed by atoms with Gasteiger partial charge in [0, 0.05) is 6.42 Å². The number of aromatic amines is 1. The molecule has 2 aliphatic rings. The Labute approximate surface area is 96.0 Å². The molecule has 0 radical (unpaired) electrons. The third-order valence-corrected chi connectivity index (χ3v) is 3.40. The highest BCUT2D eigenvalue weighted by Crippen LogP contribution is 2.36. The zero-order valence-corrected chi connectivity index (χ0v) is 9.27. The number of anilines is 1. The number of aliphatic hydroxyl groups excluding tert-OH is 1. The highest BCUT2D eigenvalue weighted by atomic mass is 16.5. The molecule has 2 aliphatic heterocycles. The maximum atomic E-state index is 11.7. The van der Waals surface area contributed by atoms with Crippen LogP contribution in [0.4, 0.5) is 5.82 Å². The molecule has 7 heteroatoms. The predicted octanol–water partition coefficient (Wildman–Crippen LogP) is -1.08. The van der Waals surface area contributed by atoms with Crippen molar-refractivity contribution in [3.63, 3.8) is 0 Å². The number of nitrogens with zero attached hydrogens (tertiary/aromatic N) is 1. The van der Waals surface area contributed by atoms with Gasteiger partial charge >= 0.3 is 5.69 Å². The lowest BCUT2D eigenvalue weighted by Crippen LogP contribution is -2.41. The van der Waals surface area contributed by atoms with Gasteiger partial charge in [-0.3, -0.25) is 14.3 Å². The molecule has 3 heterocycles. The van der Waals surface area contributed by atoms with Gasteiger partial charge in [-0.05, 0) is 6.92 Å². The molecule has 0 unspecified atom stereocenters. The number of ether oxygens (including phenoxy) is 1. The van der Waals surface area contributed by atoms with E-state index in [1.54, 1.807) is 6.92 Å². The third kappa shape index (κ3) is 1.36. The molecule has 0 aliphatic carbocycles. The first-order valence-corrected chi connectivity index (χ1v) is 5.50. The molecule has 3 N–H and O–H groups in total. The van der Waals surface area contributed by atoms with Gasteiger partial charge in [-0.15, -0.1) is 0 Å². The average molecular weight is 239 g/mol.